The van der Waals surface area contributed by atoms with E-state index in [4.69, 9.17) is 19.9 Å². The van der Waals surface area contributed by atoms with Crippen LogP contribution in [-0.4, -0.2) is 19.9 Å². The Morgan fingerprint density at radius 2 is 2.00 bits per heavy atom. The first-order valence-corrected chi connectivity index (χ1v) is 6.60. The number of rotatable bonds is 3. The summed E-state index contributed by atoms with van der Waals surface area (Å²) >= 11 is 3.45. The molecule has 5 nitrogen and oxygen atoms in total. The Morgan fingerprint density at radius 1 is 1.42 bits per heavy atom. The molecule has 0 radical (unpaired) electrons. The third-order valence-electron chi connectivity index (χ3n) is 3.32. The van der Waals surface area contributed by atoms with Crippen LogP contribution < -0.4 is 15.2 Å². The molecule has 1 aromatic rings. The van der Waals surface area contributed by atoms with E-state index in [1.165, 1.54) is 7.11 Å². The van der Waals surface area contributed by atoms with Crippen LogP contribution in [0, 0.1) is 5.41 Å². The molecule has 0 aromatic heterocycles. The van der Waals surface area contributed by atoms with Crippen molar-refractivity contribution in [3.05, 3.63) is 22.2 Å². The van der Waals surface area contributed by atoms with E-state index in [1.807, 2.05) is 0 Å². The van der Waals surface area contributed by atoms with Crippen molar-refractivity contribution in [2.24, 2.45) is 11.1 Å². The van der Waals surface area contributed by atoms with Crippen molar-refractivity contribution in [1.82, 2.24) is 0 Å². The molecule has 1 atom stereocenters. The summed E-state index contributed by atoms with van der Waals surface area (Å²) in [5, 5.41) is 0. The molecule has 0 unspecified atom stereocenters. The summed E-state index contributed by atoms with van der Waals surface area (Å²) in [4.78, 5) is 11.8. The zero-order valence-corrected chi connectivity index (χ0v) is 12.6. The normalized spacial score (nSPS) is 15.2. The van der Waals surface area contributed by atoms with Crippen LogP contribution in [-0.2, 0) is 9.53 Å². The SMILES string of the molecule is COC(=O)C(C)(C)[C@@H](N)c1cc2c(cc1Br)OCO2. The number of halogens is 1. The Labute approximate surface area is 120 Å². The highest BCUT2D eigenvalue weighted by atomic mass is 79.9. The van der Waals surface area contributed by atoms with Gasteiger partial charge in [0.05, 0.1) is 12.5 Å². The minimum Gasteiger partial charge on any atom is -0.469 e. The minimum absolute atomic E-state index is 0.195. The summed E-state index contributed by atoms with van der Waals surface area (Å²) in [7, 11) is 1.35. The molecule has 6 heteroatoms. The highest BCUT2D eigenvalue weighted by molar-refractivity contribution is 9.10. The fourth-order valence-electron chi connectivity index (χ4n) is 1.95. The lowest BCUT2D eigenvalue weighted by atomic mass is 9.81. The molecule has 0 saturated heterocycles. The number of fused-ring (bicyclic) bond motifs is 1. The monoisotopic (exact) mass is 329 g/mol. The van der Waals surface area contributed by atoms with E-state index < -0.39 is 11.5 Å². The van der Waals surface area contributed by atoms with Crippen molar-refractivity contribution in [3.8, 4) is 11.5 Å². The third-order valence-corrected chi connectivity index (χ3v) is 4.00. The molecule has 0 amide bonds. The first-order valence-electron chi connectivity index (χ1n) is 5.81. The van der Waals surface area contributed by atoms with Crippen LogP contribution >= 0.6 is 15.9 Å². The number of nitrogens with two attached hydrogens (primary N) is 1. The van der Waals surface area contributed by atoms with Gasteiger partial charge in [-0.1, -0.05) is 15.9 Å². The molecule has 0 fully saturated rings. The topological polar surface area (TPSA) is 70.8 Å². The highest BCUT2D eigenvalue weighted by Crippen LogP contribution is 2.42. The van der Waals surface area contributed by atoms with E-state index in [0.29, 0.717) is 11.5 Å². The molecule has 0 bridgehead atoms. The lowest BCUT2D eigenvalue weighted by molar-refractivity contribution is -0.152. The van der Waals surface area contributed by atoms with Crippen molar-refractivity contribution in [1.29, 1.82) is 0 Å². The molecule has 0 spiro atoms. The number of ether oxygens (including phenoxy) is 3. The maximum atomic E-state index is 11.8. The van der Waals surface area contributed by atoms with Gasteiger partial charge >= 0.3 is 5.97 Å². The summed E-state index contributed by atoms with van der Waals surface area (Å²) in [5.41, 5.74) is 6.15. The second kappa shape index (κ2) is 5.02. The lowest BCUT2D eigenvalue weighted by Crippen LogP contribution is -2.37. The van der Waals surface area contributed by atoms with Gasteiger partial charge < -0.3 is 19.9 Å². The van der Waals surface area contributed by atoms with Gasteiger partial charge in [-0.05, 0) is 31.5 Å². The molecule has 0 saturated carbocycles. The maximum Gasteiger partial charge on any atom is 0.313 e. The highest BCUT2D eigenvalue weighted by Gasteiger charge is 2.38. The maximum absolute atomic E-state index is 11.8. The second-order valence-corrected chi connectivity index (χ2v) is 5.77. The zero-order chi connectivity index (χ0) is 14.2. The predicted octanol–water partition coefficient (Wildman–Crippen LogP) is 2.38. The van der Waals surface area contributed by atoms with Gasteiger partial charge in [0.1, 0.15) is 0 Å². The van der Waals surface area contributed by atoms with Gasteiger partial charge in [-0.25, -0.2) is 0 Å². The lowest BCUT2D eigenvalue weighted by Gasteiger charge is -2.29. The molecular weight excluding hydrogens is 314 g/mol. The van der Waals surface area contributed by atoms with E-state index in [1.54, 1.807) is 26.0 Å². The molecule has 1 aliphatic heterocycles. The number of hydrogen-bond acceptors (Lipinski definition) is 5. The number of carbonyl (C=O) groups excluding carboxylic acids is 1. The molecule has 2 rings (SSSR count). The van der Waals surface area contributed by atoms with Crippen LogP contribution in [0.1, 0.15) is 25.5 Å². The molecule has 104 valence electrons. The molecule has 19 heavy (non-hydrogen) atoms. The van der Waals surface area contributed by atoms with Crippen molar-refractivity contribution >= 4 is 21.9 Å². The van der Waals surface area contributed by atoms with Crippen LogP contribution in [0.25, 0.3) is 0 Å². The fraction of sp³-hybridized carbons (Fsp3) is 0.462. The van der Waals surface area contributed by atoms with Gasteiger partial charge in [0.15, 0.2) is 11.5 Å². The number of hydrogen-bond donors (Lipinski definition) is 1. The Hall–Kier alpha value is -1.27. The summed E-state index contributed by atoms with van der Waals surface area (Å²) in [6.45, 7) is 3.70. The number of carbonyl (C=O) groups is 1. The van der Waals surface area contributed by atoms with Crippen LogP contribution in [0.4, 0.5) is 0 Å². The molecule has 1 aliphatic rings. The van der Waals surface area contributed by atoms with Crippen molar-refractivity contribution < 1.29 is 19.0 Å². The van der Waals surface area contributed by atoms with Gasteiger partial charge in [-0.3, -0.25) is 4.79 Å². The molecule has 2 N–H and O–H groups in total. The largest absolute Gasteiger partial charge is 0.469 e. The molecule has 1 heterocycles. The summed E-state index contributed by atoms with van der Waals surface area (Å²) in [5.74, 6) is 0.942. The minimum atomic E-state index is -0.842. The second-order valence-electron chi connectivity index (χ2n) is 4.92. The van der Waals surface area contributed by atoms with E-state index >= 15 is 0 Å². The predicted molar refractivity (Wildman–Crippen MR) is 73.0 cm³/mol. The Kier molecular flexibility index (Phi) is 3.73. The zero-order valence-electron chi connectivity index (χ0n) is 11.0. The summed E-state index contributed by atoms with van der Waals surface area (Å²) < 4.78 is 16.2. The molecule has 0 aliphatic carbocycles. The van der Waals surface area contributed by atoms with Crippen molar-refractivity contribution in [2.45, 2.75) is 19.9 Å². The Bertz CT molecular complexity index is 516. The van der Waals surface area contributed by atoms with Crippen LogP contribution in [0.15, 0.2) is 16.6 Å². The first-order chi connectivity index (χ1) is 8.87. The van der Waals surface area contributed by atoms with Crippen LogP contribution in [0.5, 0.6) is 11.5 Å². The van der Waals surface area contributed by atoms with E-state index in [-0.39, 0.29) is 12.8 Å². The van der Waals surface area contributed by atoms with Crippen LogP contribution in [0.2, 0.25) is 0 Å². The Morgan fingerprint density at radius 3 is 2.58 bits per heavy atom. The van der Waals surface area contributed by atoms with Gasteiger partial charge in [-0.2, -0.15) is 0 Å². The van der Waals surface area contributed by atoms with Crippen molar-refractivity contribution in [3.63, 3.8) is 0 Å². The quantitative estimate of drug-likeness (QED) is 0.862. The average molecular weight is 330 g/mol. The van der Waals surface area contributed by atoms with E-state index in [2.05, 4.69) is 15.9 Å². The van der Waals surface area contributed by atoms with Gasteiger partial charge in [0.2, 0.25) is 6.79 Å². The fourth-order valence-corrected chi connectivity index (χ4v) is 2.52. The number of esters is 1. The molecular formula is C13H16BrNO4. The standard InChI is InChI=1S/C13H16BrNO4/c1-13(2,12(16)17-3)11(15)7-4-9-10(5-8(7)14)19-6-18-9/h4-5,11H,6,15H2,1-3H3/t11-/m0/s1. The number of methoxy groups -OCH3 is 1. The smallest absolute Gasteiger partial charge is 0.313 e. The third kappa shape index (κ3) is 2.42. The van der Waals surface area contributed by atoms with E-state index in [9.17, 15) is 4.79 Å². The summed E-state index contributed by atoms with van der Waals surface area (Å²) in [6.07, 6.45) is 0. The van der Waals surface area contributed by atoms with E-state index in [0.717, 1.165) is 10.0 Å². The van der Waals surface area contributed by atoms with Crippen molar-refractivity contribution in [2.75, 3.05) is 13.9 Å². The summed E-state index contributed by atoms with van der Waals surface area (Å²) in [6, 6.07) is 3.07. The Balaban J connectivity index is 2.39. The molecule has 1 aromatic carbocycles. The van der Waals surface area contributed by atoms with Gasteiger partial charge in [0.25, 0.3) is 0 Å². The number of benzene rings is 1. The average Bonchev–Trinajstić information content (AvgIpc) is 2.82. The first kappa shape index (κ1) is 14.1. The van der Waals surface area contributed by atoms with Gasteiger partial charge in [0, 0.05) is 10.5 Å². The van der Waals surface area contributed by atoms with Gasteiger partial charge in [-0.15, -0.1) is 0 Å². The van der Waals surface area contributed by atoms with Crippen LogP contribution in [0.3, 0.4) is 0 Å².